The van der Waals surface area contributed by atoms with E-state index in [2.05, 4.69) is 34.6 Å². The highest BCUT2D eigenvalue weighted by Gasteiger charge is 2.22. The van der Waals surface area contributed by atoms with Gasteiger partial charge in [-0.3, -0.25) is 0 Å². The van der Waals surface area contributed by atoms with Gasteiger partial charge in [0.05, 0.1) is 6.10 Å². The molecule has 15 heavy (non-hydrogen) atoms. The Balaban J connectivity index is 4.06. The van der Waals surface area contributed by atoms with Crippen LogP contribution in [0.2, 0.25) is 0 Å². The fourth-order valence-corrected chi connectivity index (χ4v) is 2.48. The lowest BCUT2D eigenvalue weighted by Crippen LogP contribution is -2.29. The lowest BCUT2D eigenvalue weighted by Gasteiger charge is -2.28. The van der Waals surface area contributed by atoms with Crippen molar-refractivity contribution >= 4 is 0 Å². The number of aliphatic hydroxyl groups excluding tert-OH is 1. The van der Waals surface area contributed by atoms with Crippen molar-refractivity contribution in [2.24, 2.45) is 17.8 Å². The second kappa shape index (κ2) is 8.12. The van der Waals surface area contributed by atoms with Crippen LogP contribution < -0.4 is 0 Å². The lowest BCUT2D eigenvalue weighted by molar-refractivity contribution is -0.0919. The third kappa shape index (κ3) is 6.16. The van der Waals surface area contributed by atoms with Crippen molar-refractivity contribution in [1.29, 1.82) is 0 Å². The van der Waals surface area contributed by atoms with Gasteiger partial charge in [-0.25, -0.2) is 0 Å². The van der Waals surface area contributed by atoms with Crippen LogP contribution in [0.15, 0.2) is 0 Å². The minimum absolute atomic E-state index is 0.157. The summed E-state index contributed by atoms with van der Waals surface area (Å²) < 4.78 is 5.40. The highest BCUT2D eigenvalue weighted by atomic mass is 16.6. The molecule has 3 unspecified atom stereocenters. The van der Waals surface area contributed by atoms with E-state index in [0.717, 1.165) is 5.92 Å². The number of hydrogen-bond acceptors (Lipinski definition) is 2. The van der Waals surface area contributed by atoms with E-state index < -0.39 is 0 Å². The zero-order valence-corrected chi connectivity index (χ0v) is 11.0. The summed E-state index contributed by atoms with van der Waals surface area (Å²) in [5.74, 6) is 1.76. The molecule has 3 atom stereocenters. The van der Waals surface area contributed by atoms with Crippen LogP contribution in [0, 0.1) is 17.8 Å². The maximum absolute atomic E-state index is 8.85. The maximum atomic E-state index is 8.85. The molecule has 2 nitrogen and oxygen atoms in total. The Bertz CT molecular complexity index is 145. The van der Waals surface area contributed by atoms with Crippen LogP contribution in [0.3, 0.4) is 0 Å². The van der Waals surface area contributed by atoms with Crippen molar-refractivity contribution in [2.45, 2.75) is 60.0 Å². The number of aliphatic hydroxyl groups is 1. The van der Waals surface area contributed by atoms with E-state index in [0.29, 0.717) is 11.8 Å². The highest BCUT2D eigenvalue weighted by Crippen LogP contribution is 2.24. The standard InChI is InChI=1S/C13H28O2/c1-6-7-11(4)8-12(5)13(10(2)3)15-9-14/h10-14H,6-9H2,1-5H3. The predicted molar refractivity (Wildman–Crippen MR) is 64.6 cm³/mol. The van der Waals surface area contributed by atoms with Crippen molar-refractivity contribution < 1.29 is 9.84 Å². The van der Waals surface area contributed by atoms with Crippen LogP contribution in [0.5, 0.6) is 0 Å². The Hall–Kier alpha value is -0.0800. The van der Waals surface area contributed by atoms with E-state index in [-0.39, 0.29) is 12.9 Å². The fourth-order valence-electron chi connectivity index (χ4n) is 2.48. The van der Waals surface area contributed by atoms with Gasteiger partial charge < -0.3 is 9.84 Å². The first-order valence-electron chi connectivity index (χ1n) is 6.25. The molecule has 0 amide bonds. The van der Waals surface area contributed by atoms with Gasteiger partial charge in [0.15, 0.2) is 0 Å². The van der Waals surface area contributed by atoms with E-state index in [1.54, 1.807) is 0 Å². The van der Waals surface area contributed by atoms with Gasteiger partial charge in [-0.05, 0) is 24.2 Å². The van der Waals surface area contributed by atoms with E-state index >= 15 is 0 Å². The van der Waals surface area contributed by atoms with E-state index in [9.17, 15) is 0 Å². The van der Waals surface area contributed by atoms with Gasteiger partial charge in [0.25, 0.3) is 0 Å². The first-order chi connectivity index (χ1) is 7.02. The first-order valence-corrected chi connectivity index (χ1v) is 6.25. The zero-order chi connectivity index (χ0) is 11.8. The van der Waals surface area contributed by atoms with Crippen LogP contribution in [-0.4, -0.2) is 18.0 Å². The molecule has 0 aliphatic heterocycles. The predicted octanol–water partition coefficient (Wildman–Crippen LogP) is 3.44. The first kappa shape index (κ1) is 14.9. The molecule has 0 fully saturated rings. The molecule has 0 heterocycles. The van der Waals surface area contributed by atoms with Crippen molar-refractivity contribution in [3.8, 4) is 0 Å². The molecular weight excluding hydrogens is 188 g/mol. The van der Waals surface area contributed by atoms with Gasteiger partial charge in [0, 0.05) is 0 Å². The van der Waals surface area contributed by atoms with Crippen LogP contribution in [0.4, 0.5) is 0 Å². The smallest absolute Gasteiger partial charge is 0.143 e. The molecular formula is C13H28O2. The number of ether oxygens (including phenoxy) is 1. The second-order valence-electron chi connectivity index (χ2n) is 5.11. The summed E-state index contributed by atoms with van der Waals surface area (Å²) in [4.78, 5) is 0. The molecule has 0 bridgehead atoms. The topological polar surface area (TPSA) is 29.5 Å². The summed E-state index contributed by atoms with van der Waals surface area (Å²) in [5.41, 5.74) is 0. The van der Waals surface area contributed by atoms with Crippen molar-refractivity contribution in [1.82, 2.24) is 0 Å². The number of rotatable bonds is 8. The van der Waals surface area contributed by atoms with Crippen LogP contribution >= 0.6 is 0 Å². The molecule has 1 N–H and O–H groups in total. The minimum atomic E-state index is -0.157. The van der Waals surface area contributed by atoms with Crippen LogP contribution in [0.1, 0.15) is 53.9 Å². The molecule has 0 rings (SSSR count). The summed E-state index contributed by atoms with van der Waals surface area (Å²) in [5, 5.41) is 8.85. The average molecular weight is 216 g/mol. The number of hydrogen-bond donors (Lipinski definition) is 1. The summed E-state index contributed by atoms with van der Waals surface area (Å²) in [7, 11) is 0. The van der Waals surface area contributed by atoms with Gasteiger partial charge in [0.1, 0.15) is 6.79 Å². The van der Waals surface area contributed by atoms with Crippen molar-refractivity contribution in [2.75, 3.05) is 6.79 Å². The summed E-state index contributed by atoms with van der Waals surface area (Å²) in [6.45, 7) is 10.9. The highest BCUT2D eigenvalue weighted by molar-refractivity contribution is 4.71. The Morgan fingerprint density at radius 3 is 2.13 bits per heavy atom. The van der Waals surface area contributed by atoms with Crippen LogP contribution in [0.25, 0.3) is 0 Å². The average Bonchev–Trinajstić information content (AvgIpc) is 2.13. The Morgan fingerprint density at radius 1 is 1.13 bits per heavy atom. The van der Waals surface area contributed by atoms with Crippen LogP contribution in [-0.2, 0) is 4.74 Å². The SMILES string of the molecule is CCCC(C)CC(C)C(OCO)C(C)C. The van der Waals surface area contributed by atoms with Gasteiger partial charge in [-0.2, -0.15) is 0 Å². The molecule has 0 spiro atoms. The monoisotopic (exact) mass is 216 g/mol. The minimum Gasteiger partial charge on any atom is -0.371 e. The molecule has 92 valence electrons. The molecule has 0 radical (unpaired) electrons. The zero-order valence-electron chi connectivity index (χ0n) is 11.0. The lowest BCUT2D eigenvalue weighted by atomic mass is 9.86. The normalized spacial score (nSPS) is 17.8. The van der Waals surface area contributed by atoms with Gasteiger partial charge in [0.2, 0.25) is 0 Å². The summed E-state index contributed by atoms with van der Waals surface area (Å²) in [6, 6.07) is 0. The molecule has 0 aliphatic rings. The third-order valence-electron chi connectivity index (χ3n) is 3.04. The Morgan fingerprint density at radius 2 is 1.73 bits per heavy atom. The van der Waals surface area contributed by atoms with Gasteiger partial charge in [-0.1, -0.05) is 47.5 Å². The molecule has 0 saturated carbocycles. The largest absolute Gasteiger partial charge is 0.371 e. The Kier molecular flexibility index (Phi) is 8.07. The molecule has 0 aliphatic carbocycles. The van der Waals surface area contributed by atoms with E-state index in [4.69, 9.17) is 9.84 Å². The fraction of sp³-hybridized carbons (Fsp3) is 1.00. The van der Waals surface area contributed by atoms with Crippen molar-refractivity contribution in [3.05, 3.63) is 0 Å². The van der Waals surface area contributed by atoms with E-state index in [1.165, 1.54) is 19.3 Å². The molecule has 0 aromatic rings. The molecule has 0 aromatic carbocycles. The van der Waals surface area contributed by atoms with Gasteiger partial charge >= 0.3 is 0 Å². The maximum Gasteiger partial charge on any atom is 0.143 e. The second-order valence-corrected chi connectivity index (χ2v) is 5.11. The van der Waals surface area contributed by atoms with E-state index in [1.807, 2.05) is 0 Å². The summed E-state index contributed by atoms with van der Waals surface area (Å²) in [6.07, 6.45) is 3.92. The third-order valence-corrected chi connectivity index (χ3v) is 3.04. The summed E-state index contributed by atoms with van der Waals surface area (Å²) >= 11 is 0. The van der Waals surface area contributed by atoms with Gasteiger partial charge in [-0.15, -0.1) is 0 Å². The quantitative estimate of drug-likeness (QED) is 0.630. The molecule has 0 aromatic heterocycles. The molecule has 0 saturated heterocycles. The van der Waals surface area contributed by atoms with Crippen molar-refractivity contribution in [3.63, 3.8) is 0 Å². The molecule has 2 heteroatoms. The Labute approximate surface area is 95.0 Å².